The van der Waals surface area contributed by atoms with Crippen LogP contribution in [0.1, 0.15) is 15.9 Å². The lowest BCUT2D eigenvalue weighted by Gasteiger charge is -2.09. The van der Waals surface area contributed by atoms with E-state index in [0.29, 0.717) is 10.6 Å². The maximum Gasteiger partial charge on any atom is 0.257 e. The van der Waals surface area contributed by atoms with E-state index in [4.69, 9.17) is 11.6 Å². The minimum absolute atomic E-state index is 0.0991. The Bertz CT molecular complexity index is 781. The van der Waals surface area contributed by atoms with Crippen molar-refractivity contribution >= 4 is 45.3 Å². The fourth-order valence-corrected chi connectivity index (χ4v) is 2.43. The Morgan fingerprint density at radius 3 is 2.32 bits per heavy atom. The van der Waals surface area contributed by atoms with Crippen molar-refractivity contribution in [3.05, 3.63) is 69.2 Å². The summed E-state index contributed by atoms with van der Waals surface area (Å²) in [7, 11) is 0. The van der Waals surface area contributed by atoms with Crippen molar-refractivity contribution < 1.29 is 14.4 Å². The van der Waals surface area contributed by atoms with Crippen LogP contribution in [0.4, 0.5) is 0 Å². The van der Waals surface area contributed by atoms with Gasteiger partial charge >= 0.3 is 0 Å². The lowest BCUT2D eigenvalue weighted by Crippen LogP contribution is -2.46. The van der Waals surface area contributed by atoms with E-state index in [0.717, 1.165) is 10.0 Å². The van der Waals surface area contributed by atoms with Crippen LogP contribution in [0.25, 0.3) is 0 Å². The normalized spacial score (nSPS) is 10.0. The molecule has 0 unspecified atom stereocenters. The molecule has 2 rings (SSSR count). The summed E-state index contributed by atoms with van der Waals surface area (Å²) < 4.78 is 0.763. The monoisotopic (exact) mass is 423 g/mol. The van der Waals surface area contributed by atoms with Crippen LogP contribution in [0.2, 0.25) is 5.02 Å². The zero-order valence-electron chi connectivity index (χ0n) is 13.0. The number of carbonyl (C=O) groups is 3. The average molecular weight is 425 g/mol. The quantitative estimate of drug-likeness (QED) is 0.643. The molecule has 0 heterocycles. The SMILES string of the molecule is O=C(CNC(=O)c1cccc(Br)c1)NNC(=O)Cc1ccc(Cl)cc1. The second-order valence-corrected chi connectivity index (χ2v) is 6.44. The predicted molar refractivity (Wildman–Crippen MR) is 97.9 cm³/mol. The summed E-state index contributed by atoms with van der Waals surface area (Å²) in [6.45, 7) is -0.257. The third-order valence-electron chi connectivity index (χ3n) is 3.12. The Balaban J connectivity index is 1.72. The molecule has 0 radical (unpaired) electrons. The summed E-state index contributed by atoms with van der Waals surface area (Å²) in [5.41, 5.74) is 5.72. The Labute approximate surface area is 158 Å². The first kappa shape index (κ1) is 19.0. The van der Waals surface area contributed by atoms with Gasteiger partial charge in [-0.2, -0.15) is 0 Å². The molecular weight excluding hydrogens is 410 g/mol. The number of hydrogen-bond acceptors (Lipinski definition) is 3. The molecule has 0 aliphatic carbocycles. The molecule has 0 saturated carbocycles. The number of rotatable bonds is 5. The number of halogens is 2. The van der Waals surface area contributed by atoms with Gasteiger partial charge in [0.2, 0.25) is 5.91 Å². The van der Waals surface area contributed by atoms with Gasteiger partial charge in [-0.15, -0.1) is 0 Å². The number of carbonyl (C=O) groups excluding carboxylic acids is 3. The van der Waals surface area contributed by atoms with Crippen molar-refractivity contribution in [3.8, 4) is 0 Å². The summed E-state index contributed by atoms with van der Waals surface area (Å²) in [6.07, 6.45) is 0.0991. The number of benzene rings is 2. The van der Waals surface area contributed by atoms with Gasteiger partial charge in [0.05, 0.1) is 13.0 Å². The minimum atomic E-state index is -0.534. The zero-order valence-corrected chi connectivity index (χ0v) is 15.4. The van der Waals surface area contributed by atoms with Crippen molar-refractivity contribution in [2.75, 3.05) is 6.54 Å². The van der Waals surface area contributed by atoms with Crippen LogP contribution in [0.15, 0.2) is 53.0 Å². The summed E-state index contributed by atoms with van der Waals surface area (Å²) in [5, 5.41) is 3.05. The molecule has 3 N–H and O–H groups in total. The number of amides is 3. The van der Waals surface area contributed by atoms with Crippen molar-refractivity contribution in [1.29, 1.82) is 0 Å². The van der Waals surface area contributed by atoms with Gasteiger partial charge in [0.15, 0.2) is 0 Å². The largest absolute Gasteiger partial charge is 0.343 e. The van der Waals surface area contributed by atoms with E-state index in [1.807, 2.05) is 0 Å². The Hall–Kier alpha value is -2.38. The third kappa shape index (κ3) is 6.56. The van der Waals surface area contributed by atoms with Crippen LogP contribution in [0.5, 0.6) is 0 Å². The first-order valence-corrected chi connectivity index (χ1v) is 8.47. The van der Waals surface area contributed by atoms with E-state index in [1.54, 1.807) is 48.5 Å². The highest BCUT2D eigenvalue weighted by Crippen LogP contribution is 2.11. The number of hydrazine groups is 1. The molecule has 0 saturated heterocycles. The van der Waals surface area contributed by atoms with E-state index < -0.39 is 5.91 Å². The molecule has 0 spiro atoms. The molecule has 6 nitrogen and oxygen atoms in total. The van der Waals surface area contributed by atoms with E-state index in [2.05, 4.69) is 32.1 Å². The van der Waals surface area contributed by atoms with Crippen LogP contribution < -0.4 is 16.2 Å². The maximum atomic E-state index is 11.9. The number of nitrogens with one attached hydrogen (secondary N) is 3. The predicted octanol–water partition coefficient (Wildman–Crippen LogP) is 2.22. The fourth-order valence-electron chi connectivity index (χ4n) is 1.91. The maximum absolute atomic E-state index is 11.9. The van der Waals surface area contributed by atoms with Crippen molar-refractivity contribution in [1.82, 2.24) is 16.2 Å². The first-order chi connectivity index (χ1) is 11.9. The van der Waals surface area contributed by atoms with Crippen LogP contribution >= 0.6 is 27.5 Å². The molecule has 25 heavy (non-hydrogen) atoms. The van der Waals surface area contributed by atoms with Gasteiger partial charge in [0.1, 0.15) is 0 Å². The van der Waals surface area contributed by atoms with Gasteiger partial charge in [-0.05, 0) is 35.9 Å². The molecule has 2 aromatic rings. The summed E-state index contributed by atoms with van der Waals surface area (Å²) in [5.74, 6) is -1.30. The van der Waals surface area contributed by atoms with Gasteiger partial charge < -0.3 is 5.32 Å². The molecule has 0 bridgehead atoms. The van der Waals surface area contributed by atoms with Crippen LogP contribution in [-0.2, 0) is 16.0 Å². The van der Waals surface area contributed by atoms with Crippen molar-refractivity contribution in [2.24, 2.45) is 0 Å². The van der Waals surface area contributed by atoms with Crippen molar-refractivity contribution in [3.63, 3.8) is 0 Å². The standard InChI is InChI=1S/C17H15BrClN3O3/c18-13-3-1-2-12(9-13)17(25)20-10-16(24)22-21-15(23)8-11-4-6-14(19)7-5-11/h1-7,9H,8,10H2,(H,20,25)(H,21,23)(H,22,24). The van der Waals surface area contributed by atoms with E-state index in [-0.39, 0.29) is 24.8 Å². The molecule has 130 valence electrons. The lowest BCUT2D eigenvalue weighted by atomic mass is 10.1. The first-order valence-electron chi connectivity index (χ1n) is 7.30. The van der Waals surface area contributed by atoms with Gasteiger partial charge in [0, 0.05) is 15.1 Å². The van der Waals surface area contributed by atoms with Crippen LogP contribution in [-0.4, -0.2) is 24.3 Å². The number of hydrogen-bond donors (Lipinski definition) is 3. The smallest absolute Gasteiger partial charge is 0.257 e. The van der Waals surface area contributed by atoms with Crippen LogP contribution in [0, 0.1) is 0 Å². The molecule has 8 heteroatoms. The highest BCUT2D eigenvalue weighted by Gasteiger charge is 2.09. The topological polar surface area (TPSA) is 87.3 Å². The Morgan fingerprint density at radius 2 is 1.64 bits per heavy atom. The third-order valence-corrected chi connectivity index (χ3v) is 3.86. The molecular formula is C17H15BrClN3O3. The van der Waals surface area contributed by atoms with Crippen LogP contribution in [0.3, 0.4) is 0 Å². The van der Waals surface area contributed by atoms with E-state index in [1.165, 1.54) is 0 Å². The molecule has 0 aliphatic rings. The molecule has 3 amide bonds. The minimum Gasteiger partial charge on any atom is -0.343 e. The molecule has 0 fully saturated rings. The molecule has 0 aromatic heterocycles. The second-order valence-electron chi connectivity index (χ2n) is 5.09. The van der Waals surface area contributed by atoms with E-state index >= 15 is 0 Å². The van der Waals surface area contributed by atoms with Crippen molar-refractivity contribution in [2.45, 2.75) is 6.42 Å². The average Bonchev–Trinajstić information content (AvgIpc) is 2.60. The van der Waals surface area contributed by atoms with Gasteiger partial charge in [0.25, 0.3) is 11.8 Å². The second kappa shape index (κ2) is 9.19. The molecule has 0 atom stereocenters. The van der Waals surface area contributed by atoms with Gasteiger partial charge in [-0.1, -0.05) is 45.7 Å². The van der Waals surface area contributed by atoms with Gasteiger partial charge in [-0.3, -0.25) is 25.2 Å². The zero-order chi connectivity index (χ0) is 18.2. The van der Waals surface area contributed by atoms with E-state index in [9.17, 15) is 14.4 Å². The summed E-state index contributed by atoms with van der Waals surface area (Å²) in [6, 6.07) is 13.6. The molecule has 0 aliphatic heterocycles. The highest BCUT2D eigenvalue weighted by molar-refractivity contribution is 9.10. The Morgan fingerprint density at radius 1 is 0.960 bits per heavy atom. The Kier molecular flexibility index (Phi) is 6.97. The molecule has 2 aromatic carbocycles. The highest BCUT2D eigenvalue weighted by atomic mass is 79.9. The summed E-state index contributed by atoms with van der Waals surface area (Å²) >= 11 is 9.04. The lowest BCUT2D eigenvalue weighted by molar-refractivity contribution is -0.128. The fraction of sp³-hybridized carbons (Fsp3) is 0.118. The summed E-state index contributed by atoms with van der Waals surface area (Å²) in [4.78, 5) is 35.3. The van der Waals surface area contributed by atoms with Gasteiger partial charge in [-0.25, -0.2) is 0 Å².